The van der Waals surface area contributed by atoms with E-state index in [2.05, 4.69) is 81.7 Å². The van der Waals surface area contributed by atoms with E-state index in [1.165, 1.54) is 38.9 Å². The molecule has 0 bridgehead atoms. The van der Waals surface area contributed by atoms with Gasteiger partial charge in [-0.2, -0.15) is 0 Å². The first-order valence-electron chi connectivity index (χ1n) is 8.25. The largest absolute Gasteiger partial charge is 0.256 e. The maximum absolute atomic E-state index is 4.61. The summed E-state index contributed by atoms with van der Waals surface area (Å²) in [6.45, 7) is 11.0. The van der Waals surface area contributed by atoms with Crippen LogP contribution in [0.15, 0.2) is 36.7 Å². The lowest BCUT2D eigenvalue weighted by atomic mass is 9.95. The minimum atomic E-state index is 0.495. The van der Waals surface area contributed by atoms with E-state index in [9.17, 15) is 0 Å². The molecule has 2 heteroatoms. The van der Waals surface area contributed by atoms with Gasteiger partial charge in [0, 0.05) is 17.8 Å². The second-order valence-electron chi connectivity index (χ2n) is 6.88. The summed E-state index contributed by atoms with van der Waals surface area (Å²) in [6.07, 6.45) is 4.15. The Hall–Kier alpha value is -2.22. The molecule has 2 heterocycles. The van der Waals surface area contributed by atoms with Gasteiger partial charge in [0.05, 0.1) is 10.9 Å². The van der Waals surface area contributed by atoms with Gasteiger partial charge < -0.3 is 0 Å². The van der Waals surface area contributed by atoms with Crippen LogP contribution in [0.2, 0.25) is 0 Å². The summed E-state index contributed by atoms with van der Waals surface area (Å²) in [5.74, 6) is 0.495. The highest BCUT2D eigenvalue weighted by molar-refractivity contribution is 5.84. The maximum Gasteiger partial charge on any atom is 0.214 e. The second-order valence-corrected chi connectivity index (χ2v) is 6.88. The number of pyridine rings is 2. The van der Waals surface area contributed by atoms with Crippen molar-refractivity contribution < 1.29 is 4.57 Å². The first-order chi connectivity index (χ1) is 10.9. The minimum Gasteiger partial charge on any atom is -0.256 e. The van der Waals surface area contributed by atoms with Crippen molar-refractivity contribution in [1.82, 2.24) is 4.98 Å². The molecule has 0 saturated carbocycles. The van der Waals surface area contributed by atoms with E-state index in [1.807, 2.05) is 6.20 Å². The highest BCUT2D eigenvalue weighted by atomic mass is 14.9. The Labute approximate surface area is 138 Å². The van der Waals surface area contributed by atoms with E-state index >= 15 is 0 Å². The minimum absolute atomic E-state index is 0.495. The first kappa shape index (κ1) is 15.7. The molecule has 3 aromatic rings. The van der Waals surface area contributed by atoms with E-state index in [0.717, 1.165) is 5.52 Å². The van der Waals surface area contributed by atoms with Crippen LogP contribution in [0, 0.1) is 20.8 Å². The van der Waals surface area contributed by atoms with Crippen LogP contribution in [0.5, 0.6) is 0 Å². The molecule has 0 aliphatic carbocycles. The van der Waals surface area contributed by atoms with Crippen LogP contribution in [-0.2, 0) is 7.05 Å². The fourth-order valence-corrected chi connectivity index (χ4v) is 3.33. The Morgan fingerprint density at radius 3 is 2.48 bits per heavy atom. The Morgan fingerprint density at radius 1 is 1.04 bits per heavy atom. The Morgan fingerprint density at radius 2 is 1.78 bits per heavy atom. The second kappa shape index (κ2) is 5.77. The predicted molar refractivity (Wildman–Crippen MR) is 96.7 cm³/mol. The van der Waals surface area contributed by atoms with E-state index < -0.39 is 0 Å². The lowest BCUT2D eigenvalue weighted by Gasteiger charge is -2.12. The predicted octanol–water partition coefficient (Wildman–Crippen LogP) is 4.77. The van der Waals surface area contributed by atoms with Gasteiger partial charge in [0.25, 0.3) is 0 Å². The molecule has 0 atom stereocenters. The summed E-state index contributed by atoms with van der Waals surface area (Å²) in [7, 11) is 2.13. The zero-order chi connectivity index (χ0) is 16.7. The van der Waals surface area contributed by atoms with Gasteiger partial charge in [-0.3, -0.25) is 4.98 Å². The summed E-state index contributed by atoms with van der Waals surface area (Å²) < 4.78 is 2.23. The fraction of sp³-hybridized carbons (Fsp3) is 0.333. The van der Waals surface area contributed by atoms with Crippen molar-refractivity contribution in [3.8, 4) is 11.3 Å². The number of aryl methyl sites for hydroxylation is 3. The molecular weight excluding hydrogens is 280 g/mol. The molecule has 0 radical (unpaired) electrons. The first-order valence-corrected chi connectivity index (χ1v) is 8.25. The average Bonchev–Trinajstić information content (AvgIpc) is 2.49. The molecule has 2 aromatic heterocycles. The summed E-state index contributed by atoms with van der Waals surface area (Å²) in [4.78, 5) is 4.61. The molecule has 0 aliphatic rings. The number of hydrogen-bond donors (Lipinski definition) is 0. The van der Waals surface area contributed by atoms with E-state index in [-0.39, 0.29) is 0 Å². The molecule has 0 aliphatic heterocycles. The third kappa shape index (κ3) is 2.74. The van der Waals surface area contributed by atoms with Crippen LogP contribution >= 0.6 is 0 Å². The number of fused-ring (bicyclic) bond motifs is 1. The molecule has 0 N–H and O–H groups in total. The highest BCUT2D eigenvalue weighted by Gasteiger charge is 2.18. The van der Waals surface area contributed by atoms with Crippen molar-refractivity contribution in [1.29, 1.82) is 0 Å². The number of rotatable bonds is 2. The quantitative estimate of drug-likeness (QED) is 0.623. The van der Waals surface area contributed by atoms with Crippen molar-refractivity contribution >= 4 is 10.9 Å². The molecule has 0 saturated heterocycles. The number of aromatic nitrogens is 2. The maximum atomic E-state index is 4.61. The summed E-state index contributed by atoms with van der Waals surface area (Å²) >= 11 is 0. The van der Waals surface area contributed by atoms with Gasteiger partial charge in [-0.15, -0.1) is 0 Å². The zero-order valence-electron chi connectivity index (χ0n) is 14.9. The van der Waals surface area contributed by atoms with Gasteiger partial charge in [-0.25, -0.2) is 4.57 Å². The Balaban J connectivity index is 2.31. The Bertz CT molecular complexity index is 892. The third-order valence-electron chi connectivity index (χ3n) is 4.74. The van der Waals surface area contributed by atoms with E-state index in [0.29, 0.717) is 5.92 Å². The van der Waals surface area contributed by atoms with Gasteiger partial charge in [-0.05, 0) is 55.5 Å². The van der Waals surface area contributed by atoms with Crippen LogP contribution in [0.25, 0.3) is 22.2 Å². The Kier molecular flexibility index (Phi) is 3.93. The molecule has 118 valence electrons. The number of benzene rings is 1. The lowest BCUT2D eigenvalue weighted by molar-refractivity contribution is -0.659. The van der Waals surface area contributed by atoms with Crippen LogP contribution in [-0.4, -0.2) is 4.98 Å². The van der Waals surface area contributed by atoms with Gasteiger partial charge in [0.1, 0.15) is 7.05 Å². The summed E-state index contributed by atoms with van der Waals surface area (Å²) in [6, 6.07) is 8.88. The fourth-order valence-electron chi connectivity index (χ4n) is 3.33. The standard InChI is InChI=1S/C21H25N2/c1-13(2)17-7-8-22-20-11-21(23(6)12-19(17)20)18-10-14(3)9-15(4)16(18)5/h7-13H,1-6H3/q+1. The van der Waals surface area contributed by atoms with Crippen LogP contribution < -0.4 is 4.57 Å². The molecule has 0 fully saturated rings. The van der Waals surface area contributed by atoms with Crippen molar-refractivity contribution in [2.45, 2.75) is 40.5 Å². The van der Waals surface area contributed by atoms with Gasteiger partial charge in [0.15, 0.2) is 6.20 Å². The monoisotopic (exact) mass is 305 g/mol. The van der Waals surface area contributed by atoms with Crippen LogP contribution in [0.1, 0.15) is 42.0 Å². The normalized spacial score (nSPS) is 11.4. The number of nitrogens with zero attached hydrogens (tertiary/aromatic N) is 2. The summed E-state index contributed by atoms with van der Waals surface area (Å²) in [5.41, 5.74) is 8.91. The zero-order valence-corrected chi connectivity index (χ0v) is 14.9. The van der Waals surface area contributed by atoms with Gasteiger partial charge in [0.2, 0.25) is 5.69 Å². The van der Waals surface area contributed by atoms with Crippen molar-refractivity contribution in [3.63, 3.8) is 0 Å². The smallest absolute Gasteiger partial charge is 0.214 e. The van der Waals surface area contributed by atoms with Crippen molar-refractivity contribution in [2.75, 3.05) is 0 Å². The molecule has 1 aromatic carbocycles. The average molecular weight is 305 g/mol. The van der Waals surface area contributed by atoms with Crippen molar-refractivity contribution in [2.24, 2.45) is 7.05 Å². The molecule has 0 unspecified atom stereocenters. The van der Waals surface area contributed by atoms with E-state index in [1.54, 1.807) is 0 Å². The number of hydrogen-bond acceptors (Lipinski definition) is 1. The van der Waals surface area contributed by atoms with Crippen LogP contribution in [0.4, 0.5) is 0 Å². The highest BCUT2D eigenvalue weighted by Crippen LogP contribution is 2.28. The molecule has 0 spiro atoms. The third-order valence-corrected chi connectivity index (χ3v) is 4.74. The topological polar surface area (TPSA) is 16.8 Å². The van der Waals surface area contributed by atoms with Crippen LogP contribution in [0.3, 0.4) is 0 Å². The van der Waals surface area contributed by atoms with Gasteiger partial charge in [-0.1, -0.05) is 25.5 Å². The molecule has 2 nitrogen and oxygen atoms in total. The molecule has 23 heavy (non-hydrogen) atoms. The molecule has 3 rings (SSSR count). The SMILES string of the molecule is Cc1cc(C)c(C)c(-c2cc3nccc(C(C)C)c3c[n+]2C)c1. The summed E-state index contributed by atoms with van der Waals surface area (Å²) in [5, 5.41) is 1.25. The van der Waals surface area contributed by atoms with Crippen molar-refractivity contribution in [3.05, 3.63) is 58.9 Å². The van der Waals surface area contributed by atoms with Gasteiger partial charge >= 0.3 is 0 Å². The van der Waals surface area contributed by atoms with E-state index in [4.69, 9.17) is 0 Å². The molecular formula is C21H25N2+. The molecule has 0 amide bonds. The lowest BCUT2D eigenvalue weighted by Crippen LogP contribution is -2.31.